The molecule has 0 unspecified atom stereocenters. The van der Waals surface area contributed by atoms with Gasteiger partial charge in [-0.2, -0.15) is 0 Å². The quantitative estimate of drug-likeness (QED) is 0.128. The van der Waals surface area contributed by atoms with E-state index in [1.165, 1.54) is 19.1 Å². The van der Waals surface area contributed by atoms with Crippen LogP contribution in [0.4, 0.5) is 13.2 Å². The van der Waals surface area contributed by atoms with E-state index in [1.807, 2.05) is 16.7 Å². The Kier molecular flexibility index (Phi) is 11.0. The maximum absolute atomic E-state index is 15.7. The molecular weight excluding hydrogens is 685 g/mol. The van der Waals surface area contributed by atoms with Gasteiger partial charge in [0.1, 0.15) is 35.5 Å². The van der Waals surface area contributed by atoms with Gasteiger partial charge >= 0.3 is 5.97 Å². The number of fused-ring (bicyclic) bond motifs is 1. The van der Waals surface area contributed by atoms with E-state index in [4.69, 9.17) is 14.2 Å². The molecule has 0 saturated carbocycles. The normalized spacial score (nSPS) is 13.3. The summed E-state index contributed by atoms with van der Waals surface area (Å²) in [6.07, 6.45) is 2.54. The predicted octanol–water partition coefficient (Wildman–Crippen LogP) is 7.92. The summed E-state index contributed by atoms with van der Waals surface area (Å²) in [5, 5.41) is 0. The number of hydrogen-bond acceptors (Lipinski definition) is 7. The molecule has 53 heavy (non-hydrogen) atoms. The van der Waals surface area contributed by atoms with Crippen LogP contribution in [-0.4, -0.2) is 63.7 Å². The number of carbonyl (C=O) groups is 2. The zero-order chi connectivity index (χ0) is 37.9. The molecule has 0 aliphatic carbocycles. The summed E-state index contributed by atoms with van der Waals surface area (Å²) in [6.45, 7) is 8.53. The van der Waals surface area contributed by atoms with Crippen molar-refractivity contribution in [3.05, 3.63) is 118 Å². The SMILES string of the molecule is COCCn1c(Cc2cc(F)c(-c3cccc(OCc4ccc(C5=CCN(C(C)=O)CC5)cc4F)n3)cc2F)nc2ccc(C(=O)OC(C)(C)C)cc21. The molecule has 1 aliphatic rings. The highest BCUT2D eigenvalue weighted by Gasteiger charge is 2.22. The van der Waals surface area contributed by atoms with Gasteiger partial charge in [-0.25, -0.2) is 27.9 Å². The van der Waals surface area contributed by atoms with Crippen molar-refractivity contribution in [2.75, 3.05) is 26.8 Å². The second-order valence-corrected chi connectivity index (χ2v) is 13.9. The Morgan fingerprint density at radius 1 is 0.906 bits per heavy atom. The highest BCUT2D eigenvalue weighted by molar-refractivity contribution is 5.94. The van der Waals surface area contributed by atoms with Crippen molar-refractivity contribution in [3.63, 3.8) is 0 Å². The molecule has 2 aromatic heterocycles. The molecule has 1 aliphatic heterocycles. The lowest BCUT2D eigenvalue weighted by atomic mass is 9.98. The van der Waals surface area contributed by atoms with Crippen LogP contribution in [0.15, 0.2) is 72.8 Å². The van der Waals surface area contributed by atoms with Crippen molar-refractivity contribution in [2.45, 2.75) is 59.3 Å². The summed E-state index contributed by atoms with van der Waals surface area (Å²) >= 11 is 0. The molecule has 12 heteroatoms. The third-order valence-electron chi connectivity index (χ3n) is 8.92. The summed E-state index contributed by atoms with van der Waals surface area (Å²) in [5.74, 6) is -1.68. The first-order valence-electron chi connectivity index (χ1n) is 17.3. The molecule has 9 nitrogen and oxygen atoms in total. The topological polar surface area (TPSA) is 95.8 Å². The first-order valence-corrected chi connectivity index (χ1v) is 17.3. The standard InChI is InChI=1S/C41H41F3N4O5/c1-25(49)47-15-13-26(14-16-47)27-9-10-29(32(42)19-27)24-52-39-8-6-7-35(46-39)31-23-33(43)30(20-34(31)44)22-38-45-36-12-11-28(40(50)53-41(2,3)4)21-37(36)48(38)17-18-51-5/h6-13,19-21,23H,14-18,22,24H2,1-5H3. The van der Waals surface area contributed by atoms with Crippen LogP contribution in [0.25, 0.3) is 27.9 Å². The second-order valence-electron chi connectivity index (χ2n) is 13.9. The van der Waals surface area contributed by atoms with E-state index in [9.17, 15) is 9.59 Å². The average molecular weight is 727 g/mol. The number of nitrogens with zero attached hydrogens (tertiary/aromatic N) is 4. The van der Waals surface area contributed by atoms with Gasteiger partial charge in [0, 0.05) is 57.3 Å². The van der Waals surface area contributed by atoms with Crippen molar-refractivity contribution in [1.29, 1.82) is 0 Å². The van der Waals surface area contributed by atoms with E-state index in [0.29, 0.717) is 60.6 Å². The fourth-order valence-electron chi connectivity index (χ4n) is 6.17. The number of benzene rings is 3. The lowest BCUT2D eigenvalue weighted by molar-refractivity contribution is -0.128. The summed E-state index contributed by atoms with van der Waals surface area (Å²) in [5.41, 5.74) is 3.09. The van der Waals surface area contributed by atoms with Gasteiger partial charge in [-0.15, -0.1) is 0 Å². The number of pyridine rings is 1. The molecule has 0 fully saturated rings. The van der Waals surface area contributed by atoms with E-state index in [0.717, 1.165) is 23.3 Å². The van der Waals surface area contributed by atoms with Crippen molar-refractivity contribution in [3.8, 4) is 17.1 Å². The van der Waals surface area contributed by atoms with Gasteiger partial charge in [-0.1, -0.05) is 24.3 Å². The minimum Gasteiger partial charge on any atom is -0.473 e. The summed E-state index contributed by atoms with van der Waals surface area (Å²) in [4.78, 5) is 35.2. The van der Waals surface area contributed by atoms with E-state index in [1.54, 1.807) is 69.2 Å². The van der Waals surface area contributed by atoms with Crippen molar-refractivity contribution in [2.24, 2.45) is 0 Å². The Morgan fingerprint density at radius 3 is 2.40 bits per heavy atom. The number of hydrogen-bond donors (Lipinski definition) is 0. The monoisotopic (exact) mass is 726 g/mol. The molecule has 0 N–H and O–H groups in total. The van der Waals surface area contributed by atoms with Gasteiger partial charge in [0.2, 0.25) is 11.8 Å². The Morgan fingerprint density at radius 2 is 1.70 bits per heavy atom. The van der Waals surface area contributed by atoms with Crippen LogP contribution >= 0.6 is 0 Å². The molecule has 6 rings (SSSR count). The first kappa shape index (κ1) is 37.3. The maximum atomic E-state index is 15.7. The fraction of sp³-hybridized carbons (Fsp3) is 0.317. The summed E-state index contributed by atoms with van der Waals surface area (Å²) in [6, 6.07) is 16.8. The second kappa shape index (κ2) is 15.6. The molecule has 3 heterocycles. The van der Waals surface area contributed by atoms with Crippen molar-refractivity contribution < 1.29 is 37.0 Å². The highest BCUT2D eigenvalue weighted by Crippen LogP contribution is 2.29. The number of aromatic nitrogens is 3. The van der Waals surface area contributed by atoms with Crippen LogP contribution in [0.2, 0.25) is 0 Å². The number of halogens is 3. The Labute approximate surface area is 306 Å². The highest BCUT2D eigenvalue weighted by atomic mass is 19.1. The third-order valence-corrected chi connectivity index (χ3v) is 8.92. The molecule has 1 amide bonds. The minimum absolute atomic E-state index is 0.00632. The Balaban J connectivity index is 1.18. The number of amides is 1. The van der Waals surface area contributed by atoms with E-state index in [-0.39, 0.29) is 41.6 Å². The zero-order valence-electron chi connectivity index (χ0n) is 30.3. The van der Waals surface area contributed by atoms with E-state index >= 15 is 13.2 Å². The zero-order valence-corrected chi connectivity index (χ0v) is 30.3. The molecule has 3 aromatic carbocycles. The molecule has 0 bridgehead atoms. The van der Waals surface area contributed by atoms with Crippen molar-refractivity contribution >= 4 is 28.5 Å². The molecule has 0 atom stereocenters. The van der Waals surface area contributed by atoms with E-state index < -0.39 is 29.0 Å². The number of esters is 1. The van der Waals surface area contributed by atoms with Crippen LogP contribution in [0.1, 0.15) is 67.0 Å². The molecular formula is C41H41F3N4O5. The molecule has 0 saturated heterocycles. The van der Waals surface area contributed by atoms with E-state index in [2.05, 4.69) is 9.97 Å². The number of carbonyl (C=O) groups excluding carboxylic acids is 2. The van der Waals surface area contributed by atoms with Crippen LogP contribution in [-0.2, 0) is 33.8 Å². The summed E-state index contributed by atoms with van der Waals surface area (Å²) < 4.78 is 64.9. The van der Waals surface area contributed by atoms with Gasteiger partial charge in [0.05, 0.1) is 28.9 Å². The number of imidazole rings is 1. The van der Waals surface area contributed by atoms with Crippen LogP contribution < -0.4 is 4.74 Å². The molecule has 5 aromatic rings. The number of methoxy groups -OCH3 is 1. The molecule has 0 radical (unpaired) electrons. The fourth-order valence-corrected chi connectivity index (χ4v) is 6.17. The van der Waals surface area contributed by atoms with Gasteiger partial charge in [-0.05, 0) is 86.4 Å². The maximum Gasteiger partial charge on any atom is 0.338 e. The largest absolute Gasteiger partial charge is 0.473 e. The number of rotatable bonds is 11. The summed E-state index contributed by atoms with van der Waals surface area (Å²) in [7, 11) is 1.56. The lowest BCUT2D eigenvalue weighted by Gasteiger charge is -2.25. The van der Waals surface area contributed by atoms with Gasteiger partial charge < -0.3 is 23.7 Å². The smallest absolute Gasteiger partial charge is 0.338 e. The Hall–Kier alpha value is -5.49. The van der Waals surface area contributed by atoms with Crippen LogP contribution in [0.5, 0.6) is 5.88 Å². The average Bonchev–Trinajstić information content (AvgIpc) is 3.46. The molecule has 276 valence electrons. The Bertz CT molecular complexity index is 2210. The predicted molar refractivity (Wildman–Crippen MR) is 195 cm³/mol. The van der Waals surface area contributed by atoms with Gasteiger partial charge in [-0.3, -0.25) is 4.79 Å². The number of ether oxygens (including phenoxy) is 3. The van der Waals surface area contributed by atoms with Crippen molar-refractivity contribution in [1.82, 2.24) is 19.4 Å². The lowest BCUT2D eigenvalue weighted by Crippen LogP contribution is -2.32. The first-order chi connectivity index (χ1) is 25.3. The molecule has 0 spiro atoms. The van der Waals surface area contributed by atoms with Gasteiger partial charge in [0.15, 0.2) is 0 Å². The van der Waals surface area contributed by atoms with Crippen LogP contribution in [0, 0.1) is 17.5 Å². The minimum atomic E-state index is -0.692. The van der Waals surface area contributed by atoms with Crippen LogP contribution in [0.3, 0.4) is 0 Å². The van der Waals surface area contributed by atoms with Gasteiger partial charge in [0.25, 0.3) is 0 Å². The third kappa shape index (κ3) is 8.77.